The maximum absolute atomic E-state index is 6.00. The Hall–Kier alpha value is -4.45. The zero-order chi connectivity index (χ0) is 23.9. The molecule has 3 heterocycles. The molecule has 1 N–H and O–H groups in total. The third-order valence-electron chi connectivity index (χ3n) is 7.04. The molecular weight excluding hydrogens is 446 g/mol. The van der Waals surface area contributed by atoms with Gasteiger partial charge in [-0.2, -0.15) is 0 Å². The number of hydrogen-bond donors (Lipinski definition) is 1. The molecule has 36 heavy (non-hydrogen) atoms. The molecular formula is C30H25N5O. The predicted octanol–water partition coefficient (Wildman–Crippen LogP) is 6.85. The second-order valence-electron chi connectivity index (χ2n) is 9.32. The molecule has 0 amide bonds. The minimum Gasteiger partial charge on any atom is -0.436 e. The van der Waals surface area contributed by atoms with Crippen LogP contribution in [0.2, 0.25) is 0 Å². The molecule has 0 radical (unpaired) electrons. The van der Waals surface area contributed by atoms with Gasteiger partial charge in [0.1, 0.15) is 11.3 Å². The molecule has 3 aromatic heterocycles. The number of hydrogen-bond acceptors (Lipinski definition) is 5. The van der Waals surface area contributed by atoms with Gasteiger partial charge in [0.05, 0.1) is 29.3 Å². The SMILES string of the molecule is c1cnc2c(c1)CCCC2N(Cc1nc2ccccc2[nH]1)c1ccc(-c2nc3ccccc3o2)cc1. The van der Waals surface area contributed by atoms with E-state index in [1.165, 1.54) is 11.3 Å². The molecule has 6 nitrogen and oxygen atoms in total. The number of nitrogens with one attached hydrogen (secondary N) is 1. The lowest BCUT2D eigenvalue weighted by molar-refractivity contribution is 0.501. The van der Waals surface area contributed by atoms with Gasteiger partial charge in [-0.1, -0.05) is 30.3 Å². The fourth-order valence-electron chi connectivity index (χ4n) is 5.30. The number of rotatable bonds is 5. The number of aromatic nitrogens is 4. The Morgan fingerprint density at radius 3 is 2.56 bits per heavy atom. The predicted molar refractivity (Wildman–Crippen MR) is 142 cm³/mol. The fraction of sp³-hybridized carbons (Fsp3) is 0.167. The summed E-state index contributed by atoms with van der Waals surface area (Å²) in [6, 6.07) is 29.0. The molecule has 1 unspecified atom stereocenters. The van der Waals surface area contributed by atoms with Crippen molar-refractivity contribution in [1.82, 2.24) is 19.9 Å². The van der Waals surface area contributed by atoms with Crippen LogP contribution in [0.1, 0.15) is 36.0 Å². The normalized spacial score (nSPS) is 15.3. The van der Waals surface area contributed by atoms with E-state index in [0.717, 1.165) is 58.5 Å². The number of aromatic amines is 1. The molecule has 0 saturated carbocycles. The van der Waals surface area contributed by atoms with Gasteiger partial charge in [-0.25, -0.2) is 9.97 Å². The van der Waals surface area contributed by atoms with E-state index in [9.17, 15) is 0 Å². The zero-order valence-electron chi connectivity index (χ0n) is 19.8. The van der Waals surface area contributed by atoms with E-state index in [2.05, 4.69) is 51.3 Å². The third kappa shape index (κ3) is 3.71. The van der Waals surface area contributed by atoms with E-state index < -0.39 is 0 Å². The number of oxazole rings is 1. The van der Waals surface area contributed by atoms with Gasteiger partial charge in [0.15, 0.2) is 5.58 Å². The van der Waals surface area contributed by atoms with E-state index in [0.29, 0.717) is 12.4 Å². The average Bonchev–Trinajstić information content (AvgIpc) is 3.55. The second-order valence-corrected chi connectivity index (χ2v) is 9.32. The molecule has 1 atom stereocenters. The summed E-state index contributed by atoms with van der Waals surface area (Å²) >= 11 is 0. The van der Waals surface area contributed by atoms with Crippen molar-refractivity contribution >= 4 is 27.8 Å². The van der Waals surface area contributed by atoms with Crippen molar-refractivity contribution in [3.63, 3.8) is 0 Å². The van der Waals surface area contributed by atoms with Crippen LogP contribution in [0.15, 0.2) is 95.5 Å². The second kappa shape index (κ2) is 8.64. The van der Waals surface area contributed by atoms with Crippen molar-refractivity contribution < 1.29 is 4.42 Å². The van der Waals surface area contributed by atoms with E-state index in [4.69, 9.17) is 14.4 Å². The standard InChI is InChI=1S/C30H25N5O/c1-2-10-24-23(9-1)32-28(33-24)19-35(26-12-5-7-20-8-6-18-31-29(20)26)22-16-14-21(15-17-22)30-34-25-11-3-4-13-27(25)36-30/h1-4,6,8-11,13-18,26H,5,7,12,19H2,(H,32,33). The molecule has 6 aromatic rings. The van der Waals surface area contributed by atoms with Crippen LogP contribution in [0.3, 0.4) is 0 Å². The molecule has 6 heteroatoms. The number of aryl methyl sites for hydroxylation is 1. The van der Waals surface area contributed by atoms with Crippen LogP contribution >= 0.6 is 0 Å². The number of imidazole rings is 1. The summed E-state index contributed by atoms with van der Waals surface area (Å²) < 4.78 is 6.00. The maximum Gasteiger partial charge on any atom is 0.227 e. The molecule has 1 aliphatic rings. The highest BCUT2D eigenvalue weighted by atomic mass is 16.3. The first-order valence-electron chi connectivity index (χ1n) is 12.4. The Labute approximate surface area is 208 Å². The molecule has 0 aliphatic heterocycles. The molecule has 0 bridgehead atoms. The Morgan fingerprint density at radius 2 is 1.69 bits per heavy atom. The van der Waals surface area contributed by atoms with Crippen molar-refractivity contribution in [2.24, 2.45) is 0 Å². The summed E-state index contributed by atoms with van der Waals surface area (Å²) in [5.41, 5.74) is 8.30. The third-order valence-corrected chi connectivity index (χ3v) is 7.04. The van der Waals surface area contributed by atoms with Gasteiger partial charge in [0, 0.05) is 17.4 Å². The van der Waals surface area contributed by atoms with Gasteiger partial charge in [-0.3, -0.25) is 4.98 Å². The monoisotopic (exact) mass is 471 g/mol. The summed E-state index contributed by atoms with van der Waals surface area (Å²) in [6.07, 6.45) is 5.18. The molecule has 3 aromatic carbocycles. The summed E-state index contributed by atoms with van der Waals surface area (Å²) in [7, 11) is 0. The van der Waals surface area contributed by atoms with Crippen LogP contribution in [0.25, 0.3) is 33.6 Å². The Bertz CT molecular complexity index is 1600. The molecule has 1 aliphatic carbocycles. The van der Waals surface area contributed by atoms with E-state index >= 15 is 0 Å². The summed E-state index contributed by atoms with van der Waals surface area (Å²) in [5, 5.41) is 0. The molecule has 0 spiro atoms. The number of H-pyrrole nitrogens is 1. The van der Waals surface area contributed by atoms with Gasteiger partial charge in [-0.15, -0.1) is 0 Å². The lowest BCUT2D eigenvalue weighted by Crippen LogP contribution is -2.32. The largest absolute Gasteiger partial charge is 0.436 e. The first-order chi connectivity index (χ1) is 17.8. The molecule has 0 fully saturated rings. The molecule has 0 saturated heterocycles. The summed E-state index contributed by atoms with van der Waals surface area (Å²) in [4.78, 5) is 20.3. The van der Waals surface area contributed by atoms with E-state index in [1.54, 1.807) is 0 Å². The Morgan fingerprint density at radius 1 is 0.861 bits per heavy atom. The number of pyridine rings is 1. The van der Waals surface area contributed by atoms with Crippen LogP contribution in [0, 0.1) is 0 Å². The van der Waals surface area contributed by atoms with Crippen molar-refractivity contribution in [2.75, 3.05) is 4.90 Å². The van der Waals surface area contributed by atoms with E-state index in [-0.39, 0.29) is 6.04 Å². The first-order valence-corrected chi connectivity index (χ1v) is 12.4. The van der Waals surface area contributed by atoms with Crippen molar-refractivity contribution in [3.05, 3.63) is 108 Å². The van der Waals surface area contributed by atoms with Gasteiger partial charge in [-0.05, 0) is 79.4 Å². The number of anilines is 1. The lowest BCUT2D eigenvalue weighted by atomic mass is 9.90. The van der Waals surface area contributed by atoms with Crippen LogP contribution in [0.4, 0.5) is 5.69 Å². The van der Waals surface area contributed by atoms with Crippen LogP contribution in [0.5, 0.6) is 0 Å². The summed E-state index contributed by atoms with van der Waals surface area (Å²) in [6.45, 7) is 0.664. The van der Waals surface area contributed by atoms with Crippen molar-refractivity contribution in [2.45, 2.75) is 31.8 Å². The number of fused-ring (bicyclic) bond motifs is 3. The van der Waals surface area contributed by atoms with Gasteiger partial charge < -0.3 is 14.3 Å². The smallest absolute Gasteiger partial charge is 0.227 e. The first kappa shape index (κ1) is 20.9. The van der Waals surface area contributed by atoms with Crippen molar-refractivity contribution in [3.8, 4) is 11.5 Å². The highest BCUT2D eigenvalue weighted by Crippen LogP contribution is 2.37. The molecule has 176 valence electrons. The fourth-order valence-corrected chi connectivity index (χ4v) is 5.30. The van der Waals surface area contributed by atoms with Crippen LogP contribution < -0.4 is 4.90 Å². The zero-order valence-corrected chi connectivity index (χ0v) is 19.8. The van der Waals surface area contributed by atoms with E-state index in [1.807, 2.05) is 54.7 Å². The van der Waals surface area contributed by atoms with Gasteiger partial charge in [0.2, 0.25) is 5.89 Å². The highest BCUT2D eigenvalue weighted by Gasteiger charge is 2.28. The van der Waals surface area contributed by atoms with Crippen LogP contribution in [-0.4, -0.2) is 19.9 Å². The maximum atomic E-state index is 6.00. The van der Waals surface area contributed by atoms with Gasteiger partial charge in [0.25, 0.3) is 0 Å². The Kier molecular flexibility index (Phi) is 5.01. The Balaban J connectivity index is 1.27. The topological polar surface area (TPSA) is 70.8 Å². The minimum absolute atomic E-state index is 0.179. The minimum atomic E-state index is 0.179. The van der Waals surface area contributed by atoms with Crippen molar-refractivity contribution in [1.29, 1.82) is 0 Å². The molecule has 7 rings (SSSR count). The number of para-hydroxylation sites is 4. The van der Waals surface area contributed by atoms with Crippen LogP contribution in [-0.2, 0) is 13.0 Å². The number of benzene rings is 3. The van der Waals surface area contributed by atoms with Gasteiger partial charge >= 0.3 is 0 Å². The number of nitrogens with zero attached hydrogens (tertiary/aromatic N) is 4. The lowest BCUT2D eigenvalue weighted by Gasteiger charge is -2.36. The average molecular weight is 472 g/mol. The quantitative estimate of drug-likeness (QED) is 0.298. The highest BCUT2D eigenvalue weighted by molar-refractivity contribution is 5.76. The summed E-state index contributed by atoms with van der Waals surface area (Å²) in [5.74, 6) is 1.58.